The van der Waals surface area contributed by atoms with Gasteiger partial charge < -0.3 is 15.7 Å². The number of imide groups is 1. The number of anilines is 3. The minimum absolute atomic E-state index is 0.0807. The summed E-state index contributed by atoms with van der Waals surface area (Å²) >= 11 is 0. The summed E-state index contributed by atoms with van der Waals surface area (Å²) in [5.74, 6) is -0.161. The lowest BCUT2D eigenvalue weighted by Gasteiger charge is -2.42. The number of carbonyl (C=O) groups is 2. The number of piperazine rings is 1. The van der Waals surface area contributed by atoms with Gasteiger partial charge in [-0.25, -0.2) is 9.18 Å². The molecule has 3 saturated heterocycles. The number of carbonyl (C=O) groups excluding carboxylic acids is 2. The maximum Gasteiger partial charge on any atom is 0.329 e. The SMILES string of the molecule is Nc1nnc(-c2cc(F)ccc2O)cc1N1CC2CCC(C1)N2Cc1ccc(N2CCC(=O)NC2=O)nn1. The number of rotatable bonds is 5. The van der Waals surface area contributed by atoms with Gasteiger partial charge in [-0.2, -0.15) is 5.10 Å². The lowest BCUT2D eigenvalue weighted by atomic mass is 10.1. The molecular weight excluding hydrogens is 493 g/mol. The van der Waals surface area contributed by atoms with E-state index < -0.39 is 11.8 Å². The molecule has 0 saturated carbocycles. The largest absolute Gasteiger partial charge is 0.507 e. The molecule has 12 nitrogen and oxygen atoms in total. The number of hydrogen-bond donors (Lipinski definition) is 3. The number of phenolic OH excluding ortho intramolecular Hbond substituents is 1. The predicted molar refractivity (Wildman–Crippen MR) is 136 cm³/mol. The summed E-state index contributed by atoms with van der Waals surface area (Å²) in [5, 5.41) is 29.2. The Morgan fingerprint density at radius 3 is 2.53 bits per heavy atom. The minimum atomic E-state index is -0.488. The highest BCUT2D eigenvalue weighted by molar-refractivity contribution is 6.05. The fourth-order valence-corrected chi connectivity index (χ4v) is 5.49. The molecule has 3 amide bonds. The molecular formula is C25H26FN9O3. The molecule has 4 N–H and O–H groups in total. The Morgan fingerprint density at radius 1 is 1.03 bits per heavy atom. The monoisotopic (exact) mass is 519 g/mol. The van der Waals surface area contributed by atoms with Gasteiger partial charge in [0.05, 0.1) is 17.1 Å². The fourth-order valence-electron chi connectivity index (χ4n) is 5.49. The molecule has 2 aromatic heterocycles. The first-order valence-corrected chi connectivity index (χ1v) is 12.4. The zero-order chi connectivity index (χ0) is 26.4. The molecule has 6 rings (SSSR count). The number of nitrogen functional groups attached to an aromatic ring is 1. The quantitative estimate of drug-likeness (QED) is 0.453. The number of hydrogen-bond acceptors (Lipinski definition) is 10. The molecule has 1 aromatic carbocycles. The van der Waals surface area contributed by atoms with Crippen LogP contribution in [0.2, 0.25) is 0 Å². The van der Waals surface area contributed by atoms with Gasteiger partial charge >= 0.3 is 6.03 Å². The van der Waals surface area contributed by atoms with Crippen LogP contribution in [0.25, 0.3) is 11.3 Å². The summed E-state index contributed by atoms with van der Waals surface area (Å²) in [6, 6.07) is 9.09. The van der Waals surface area contributed by atoms with Gasteiger partial charge in [0.25, 0.3) is 0 Å². The van der Waals surface area contributed by atoms with Crippen molar-refractivity contribution in [3.63, 3.8) is 0 Å². The molecule has 13 heteroatoms. The van der Waals surface area contributed by atoms with Gasteiger partial charge in [0.2, 0.25) is 5.91 Å². The molecule has 2 unspecified atom stereocenters. The number of halogens is 1. The first-order chi connectivity index (χ1) is 18.4. The average molecular weight is 520 g/mol. The molecule has 3 aliphatic rings. The van der Waals surface area contributed by atoms with Crippen molar-refractivity contribution >= 4 is 29.3 Å². The van der Waals surface area contributed by atoms with Crippen LogP contribution in [-0.2, 0) is 11.3 Å². The van der Waals surface area contributed by atoms with Crippen molar-refractivity contribution in [3.05, 3.63) is 47.9 Å². The van der Waals surface area contributed by atoms with E-state index in [9.17, 15) is 19.1 Å². The van der Waals surface area contributed by atoms with E-state index in [1.54, 1.807) is 12.1 Å². The van der Waals surface area contributed by atoms with Gasteiger partial charge in [0.1, 0.15) is 11.6 Å². The van der Waals surface area contributed by atoms with E-state index >= 15 is 0 Å². The van der Waals surface area contributed by atoms with Crippen molar-refractivity contribution in [2.24, 2.45) is 0 Å². The predicted octanol–water partition coefficient (Wildman–Crippen LogP) is 1.66. The first kappa shape index (κ1) is 24.0. The summed E-state index contributed by atoms with van der Waals surface area (Å²) in [6.45, 7) is 2.33. The van der Waals surface area contributed by atoms with Gasteiger partial charge in [-0.05, 0) is 49.2 Å². The van der Waals surface area contributed by atoms with E-state index in [4.69, 9.17) is 5.73 Å². The van der Waals surface area contributed by atoms with Crippen LogP contribution in [0.1, 0.15) is 25.0 Å². The van der Waals surface area contributed by atoms with Crippen LogP contribution in [0, 0.1) is 5.82 Å². The molecule has 196 valence electrons. The molecule has 2 atom stereocenters. The smallest absolute Gasteiger partial charge is 0.329 e. The van der Waals surface area contributed by atoms with Gasteiger partial charge in [0.15, 0.2) is 11.6 Å². The second-order valence-corrected chi connectivity index (χ2v) is 9.76. The van der Waals surface area contributed by atoms with Crippen LogP contribution in [-0.4, -0.2) is 74.1 Å². The molecule has 2 bridgehead atoms. The van der Waals surface area contributed by atoms with E-state index in [0.29, 0.717) is 36.8 Å². The lowest BCUT2D eigenvalue weighted by molar-refractivity contribution is -0.120. The number of fused-ring (bicyclic) bond motifs is 2. The van der Waals surface area contributed by atoms with Crippen LogP contribution in [0.3, 0.4) is 0 Å². The van der Waals surface area contributed by atoms with E-state index in [1.807, 2.05) is 6.07 Å². The maximum absolute atomic E-state index is 13.8. The van der Waals surface area contributed by atoms with Crippen LogP contribution in [0.15, 0.2) is 36.4 Å². The fraction of sp³-hybridized carbons (Fsp3) is 0.360. The Labute approximate surface area is 217 Å². The minimum Gasteiger partial charge on any atom is -0.507 e. The number of phenols is 1. The number of amides is 3. The number of aromatic nitrogens is 4. The zero-order valence-corrected chi connectivity index (χ0v) is 20.4. The van der Waals surface area contributed by atoms with E-state index in [-0.39, 0.29) is 48.1 Å². The summed E-state index contributed by atoms with van der Waals surface area (Å²) in [6.07, 6.45) is 2.26. The molecule has 0 spiro atoms. The highest BCUT2D eigenvalue weighted by atomic mass is 19.1. The molecule has 38 heavy (non-hydrogen) atoms. The van der Waals surface area contributed by atoms with Crippen LogP contribution >= 0.6 is 0 Å². The Kier molecular flexibility index (Phi) is 5.98. The third-order valence-corrected chi connectivity index (χ3v) is 7.39. The van der Waals surface area contributed by atoms with Crippen molar-refractivity contribution in [2.45, 2.75) is 37.9 Å². The second-order valence-electron chi connectivity index (χ2n) is 9.76. The lowest BCUT2D eigenvalue weighted by Crippen LogP contribution is -2.53. The van der Waals surface area contributed by atoms with Crippen molar-refractivity contribution in [3.8, 4) is 17.0 Å². The molecule has 3 fully saturated rings. The first-order valence-electron chi connectivity index (χ1n) is 12.4. The number of urea groups is 1. The van der Waals surface area contributed by atoms with E-state index in [1.165, 1.54) is 23.1 Å². The van der Waals surface area contributed by atoms with Gasteiger partial charge in [-0.15, -0.1) is 15.3 Å². The summed E-state index contributed by atoms with van der Waals surface area (Å²) in [4.78, 5) is 29.5. The molecule has 3 aromatic rings. The zero-order valence-electron chi connectivity index (χ0n) is 20.4. The number of benzene rings is 1. The number of nitrogens with one attached hydrogen (secondary N) is 1. The van der Waals surface area contributed by atoms with Crippen LogP contribution < -0.4 is 20.9 Å². The van der Waals surface area contributed by atoms with Gasteiger partial charge in [0, 0.05) is 50.2 Å². The van der Waals surface area contributed by atoms with Crippen LogP contribution in [0.5, 0.6) is 5.75 Å². The normalized spacial score (nSPS) is 21.6. The Hall–Kier alpha value is -4.39. The third kappa shape index (κ3) is 4.45. The highest BCUT2D eigenvalue weighted by Crippen LogP contribution is 2.37. The van der Waals surface area contributed by atoms with Crippen molar-refractivity contribution in [1.29, 1.82) is 0 Å². The van der Waals surface area contributed by atoms with E-state index in [0.717, 1.165) is 18.5 Å². The van der Waals surface area contributed by atoms with Crippen LogP contribution in [0.4, 0.5) is 26.5 Å². The van der Waals surface area contributed by atoms with Crippen molar-refractivity contribution in [1.82, 2.24) is 30.6 Å². The van der Waals surface area contributed by atoms with Crippen molar-refractivity contribution in [2.75, 3.05) is 35.2 Å². The number of aromatic hydroxyl groups is 1. The summed E-state index contributed by atoms with van der Waals surface area (Å²) in [7, 11) is 0. The Morgan fingerprint density at radius 2 is 1.82 bits per heavy atom. The average Bonchev–Trinajstić information content (AvgIpc) is 3.12. The maximum atomic E-state index is 13.8. The Bertz CT molecular complexity index is 1390. The third-order valence-electron chi connectivity index (χ3n) is 7.39. The Balaban J connectivity index is 1.16. The standard InChI is InChI=1S/C25H26FN9O3/c26-14-1-5-21(36)18(9-14)19-10-20(24(27)32-30-19)33-12-16-3-4-17(13-33)35(16)11-15-2-6-22(31-29-15)34-8-7-23(37)28-25(34)38/h1-2,5-6,9-10,16-17,36H,3-4,7-8,11-13H2,(H2,27,32)(H,28,37,38). The van der Waals surface area contributed by atoms with Gasteiger partial charge in [-0.1, -0.05) is 0 Å². The molecule has 0 aliphatic carbocycles. The van der Waals surface area contributed by atoms with E-state index in [2.05, 4.69) is 35.5 Å². The molecule has 3 aliphatic heterocycles. The highest BCUT2D eigenvalue weighted by Gasteiger charge is 2.40. The summed E-state index contributed by atoms with van der Waals surface area (Å²) < 4.78 is 13.8. The molecule has 0 radical (unpaired) electrons. The number of nitrogens with zero attached hydrogens (tertiary/aromatic N) is 7. The number of nitrogens with two attached hydrogens (primary N) is 1. The molecule has 5 heterocycles. The van der Waals surface area contributed by atoms with Gasteiger partial charge in [-0.3, -0.25) is 19.9 Å². The topological polar surface area (TPSA) is 154 Å². The van der Waals surface area contributed by atoms with Crippen molar-refractivity contribution < 1.29 is 19.1 Å². The summed E-state index contributed by atoms with van der Waals surface area (Å²) in [5.41, 5.74) is 8.30. The second kappa shape index (κ2) is 9.49.